The van der Waals surface area contributed by atoms with Gasteiger partial charge in [-0.25, -0.2) is 14.4 Å². The van der Waals surface area contributed by atoms with Gasteiger partial charge in [0.25, 0.3) is 0 Å². The van der Waals surface area contributed by atoms with Crippen molar-refractivity contribution in [2.24, 2.45) is 11.7 Å². The van der Waals surface area contributed by atoms with E-state index in [9.17, 15) is 29.4 Å². The van der Waals surface area contributed by atoms with Crippen molar-refractivity contribution in [1.82, 2.24) is 5.32 Å². The second-order valence-electron chi connectivity index (χ2n) is 12.1. The molecule has 1 amide bonds. The van der Waals surface area contributed by atoms with Crippen molar-refractivity contribution in [2.45, 2.75) is 57.8 Å². The van der Waals surface area contributed by atoms with Crippen molar-refractivity contribution in [1.29, 1.82) is 0 Å². The van der Waals surface area contributed by atoms with E-state index >= 15 is 0 Å². The molecular formula is C34H36N2O10. The van der Waals surface area contributed by atoms with Gasteiger partial charge in [0.05, 0.1) is 12.2 Å². The number of fused-ring (bicyclic) bond motifs is 6. The lowest BCUT2D eigenvalue weighted by Gasteiger charge is -2.36. The summed E-state index contributed by atoms with van der Waals surface area (Å²) in [7, 11) is 0. The van der Waals surface area contributed by atoms with Gasteiger partial charge in [0, 0.05) is 40.3 Å². The van der Waals surface area contributed by atoms with E-state index in [4.69, 9.17) is 24.7 Å². The number of nitrogens with one attached hydrogen (secondary N) is 1. The molecule has 2 aliphatic rings. The van der Waals surface area contributed by atoms with Crippen LogP contribution in [-0.2, 0) is 24.6 Å². The van der Waals surface area contributed by atoms with Gasteiger partial charge in [0.1, 0.15) is 34.6 Å². The normalized spacial score (nSPS) is 15.4. The highest BCUT2D eigenvalue weighted by Gasteiger charge is 2.55. The lowest BCUT2D eigenvalue weighted by molar-refractivity contribution is -0.146. The van der Waals surface area contributed by atoms with E-state index in [0.717, 1.165) is 0 Å². The summed E-state index contributed by atoms with van der Waals surface area (Å²) in [5, 5.41) is 22.9. The van der Waals surface area contributed by atoms with Crippen LogP contribution in [0.1, 0.15) is 77.9 Å². The van der Waals surface area contributed by atoms with Crippen molar-refractivity contribution in [3.8, 4) is 23.0 Å². The second-order valence-corrected chi connectivity index (χ2v) is 12.1. The topological polar surface area (TPSA) is 184 Å². The quantitative estimate of drug-likeness (QED) is 0.146. The molecule has 242 valence electrons. The standard InChI is InChI=1S/C34H36N2O10/c1-5-43-30(40)25(36-32(42)46-33(2,3)4)15-18(13-14-35)29(39)21-7-6-8-24-28(21)31(41)45-34(24)22-11-9-19(37)16-26(22)44-27-17-20(38)10-12-23(27)34/h6-12,16-18,25,37-38H,5,13-15,35H2,1-4H3,(H,36,42)/t18?,25-/m1/s1. The predicted octanol–water partition coefficient (Wildman–Crippen LogP) is 4.66. The summed E-state index contributed by atoms with van der Waals surface area (Å²) in [6.07, 6.45) is -0.896. The molecule has 0 fully saturated rings. The number of alkyl carbamates (subject to hydrolysis) is 1. The molecule has 2 atom stereocenters. The largest absolute Gasteiger partial charge is 0.508 e. The second kappa shape index (κ2) is 12.4. The molecule has 5 N–H and O–H groups in total. The number of hydrogen-bond donors (Lipinski definition) is 4. The Morgan fingerprint density at radius 1 is 0.978 bits per heavy atom. The summed E-state index contributed by atoms with van der Waals surface area (Å²) < 4.78 is 22.7. The molecule has 0 radical (unpaired) electrons. The number of esters is 2. The zero-order chi connectivity index (χ0) is 33.4. The van der Waals surface area contributed by atoms with Crippen molar-refractivity contribution in [2.75, 3.05) is 13.2 Å². The number of ether oxygens (including phenoxy) is 4. The SMILES string of the molecule is CCOC(=O)[C@@H](CC(CCN)C(=O)c1cccc2c1C(=O)OC21c2ccc(O)cc2Oc2cc(O)ccc21)NC(=O)OC(C)(C)C. The number of carbonyl (C=O) groups excluding carboxylic acids is 4. The Labute approximate surface area is 265 Å². The number of hydrogen-bond acceptors (Lipinski definition) is 11. The third-order valence-corrected chi connectivity index (χ3v) is 7.74. The van der Waals surface area contributed by atoms with E-state index in [-0.39, 0.29) is 60.1 Å². The molecule has 46 heavy (non-hydrogen) atoms. The van der Waals surface area contributed by atoms with E-state index in [0.29, 0.717) is 16.7 Å². The van der Waals surface area contributed by atoms with Crippen molar-refractivity contribution in [3.63, 3.8) is 0 Å². The van der Waals surface area contributed by atoms with Gasteiger partial charge in [0.2, 0.25) is 0 Å². The third kappa shape index (κ3) is 5.95. The molecule has 0 aliphatic carbocycles. The molecule has 2 aliphatic heterocycles. The van der Waals surface area contributed by atoms with Gasteiger partial charge >= 0.3 is 18.0 Å². The Morgan fingerprint density at radius 2 is 1.61 bits per heavy atom. The van der Waals surface area contributed by atoms with Crippen LogP contribution in [0.3, 0.4) is 0 Å². The van der Waals surface area contributed by atoms with E-state index in [1.54, 1.807) is 52.0 Å². The number of rotatable bonds is 9. The van der Waals surface area contributed by atoms with Gasteiger partial charge in [0.15, 0.2) is 11.4 Å². The fourth-order valence-corrected chi connectivity index (χ4v) is 5.92. The molecule has 0 aromatic heterocycles. The number of nitrogens with two attached hydrogens (primary N) is 1. The number of carbonyl (C=O) groups is 4. The van der Waals surface area contributed by atoms with E-state index < -0.39 is 47.0 Å². The molecular weight excluding hydrogens is 596 g/mol. The monoisotopic (exact) mass is 632 g/mol. The van der Waals surface area contributed by atoms with Gasteiger partial charge < -0.3 is 40.2 Å². The van der Waals surface area contributed by atoms with Crippen LogP contribution < -0.4 is 15.8 Å². The third-order valence-electron chi connectivity index (χ3n) is 7.74. The minimum absolute atomic E-state index is 0.0160. The predicted molar refractivity (Wildman–Crippen MR) is 164 cm³/mol. The van der Waals surface area contributed by atoms with Crippen LogP contribution in [0.4, 0.5) is 4.79 Å². The van der Waals surface area contributed by atoms with Crippen molar-refractivity contribution >= 4 is 23.8 Å². The minimum Gasteiger partial charge on any atom is -0.508 e. The molecule has 0 bridgehead atoms. The maximum atomic E-state index is 14.3. The molecule has 0 saturated carbocycles. The summed E-state index contributed by atoms with van der Waals surface area (Å²) >= 11 is 0. The van der Waals surface area contributed by atoms with E-state index in [1.165, 1.54) is 30.3 Å². The van der Waals surface area contributed by atoms with Crippen LogP contribution in [0.15, 0.2) is 54.6 Å². The van der Waals surface area contributed by atoms with Crippen LogP contribution in [0.25, 0.3) is 0 Å². The number of ketones is 1. The molecule has 1 unspecified atom stereocenters. The highest BCUT2D eigenvalue weighted by Crippen LogP contribution is 2.57. The number of aromatic hydroxyl groups is 2. The number of phenols is 2. The molecule has 0 saturated heterocycles. The van der Waals surface area contributed by atoms with Crippen molar-refractivity contribution in [3.05, 3.63) is 82.4 Å². The number of phenolic OH excluding ortho intramolecular Hbond substituents is 2. The fourth-order valence-electron chi connectivity index (χ4n) is 5.92. The van der Waals surface area contributed by atoms with Crippen LogP contribution in [0.5, 0.6) is 23.0 Å². The summed E-state index contributed by atoms with van der Waals surface area (Å²) in [6, 6.07) is 12.3. The zero-order valence-corrected chi connectivity index (χ0v) is 25.9. The maximum absolute atomic E-state index is 14.3. The van der Waals surface area contributed by atoms with Gasteiger partial charge in [-0.3, -0.25) is 4.79 Å². The van der Waals surface area contributed by atoms with Crippen LogP contribution in [-0.4, -0.2) is 58.8 Å². The molecule has 5 rings (SSSR count). The highest BCUT2D eigenvalue weighted by atomic mass is 16.6. The van der Waals surface area contributed by atoms with Gasteiger partial charge in [-0.1, -0.05) is 18.2 Å². The first-order chi connectivity index (χ1) is 21.8. The summed E-state index contributed by atoms with van der Waals surface area (Å²) in [5.41, 5.74) is 4.72. The van der Waals surface area contributed by atoms with Crippen molar-refractivity contribution < 1.29 is 48.3 Å². The lowest BCUT2D eigenvalue weighted by atomic mass is 9.76. The first-order valence-corrected chi connectivity index (χ1v) is 14.9. The average Bonchev–Trinajstić information content (AvgIpc) is 3.27. The smallest absolute Gasteiger partial charge is 0.408 e. The first kappa shape index (κ1) is 32.3. The van der Waals surface area contributed by atoms with E-state index in [2.05, 4.69) is 5.32 Å². The lowest BCUT2D eigenvalue weighted by Crippen LogP contribution is -2.46. The highest BCUT2D eigenvalue weighted by molar-refractivity contribution is 6.10. The van der Waals surface area contributed by atoms with Gasteiger partial charge in [-0.2, -0.15) is 0 Å². The first-order valence-electron chi connectivity index (χ1n) is 14.9. The number of benzene rings is 3. The average molecular weight is 633 g/mol. The summed E-state index contributed by atoms with van der Waals surface area (Å²) in [6.45, 7) is 6.77. The van der Waals surface area contributed by atoms with Crippen LogP contribution in [0, 0.1) is 5.92 Å². The maximum Gasteiger partial charge on any atom is 0.408 e. The fraction of sp³-hybridized carbons (Fsp3) is 0.353. The molecule has 2 heterocycles. The molecule has 1 spiro atoms. The molecule has 3 aromatic carbocycles. The molecule has 3 aromatic rings. The Kier molecular flexibility index (Phi) is 8.68. The van der Waals surface area contributed by atoms with E-state index in [1.807, 2.05) is 0 Å². The summed E-state index contributed by atoms with van der Waals surface area (Å²) in [4.78, 5) is 53.6. The molecule has 12 nitrogen and oxygen atoms in total. The van der Waals surface area contributed by atoms with Gasteiger partial charge in [-0.15, -0.1) is 0 Å². The Hall–Kier alpha value is -5.10. The number of Topliss-reactive ketones (excluding diaryl/α,β-unsaturated/α-hetero) is 1. The molecule has 12 heteroatoms. The number of amides is 1. The Balaban J connectivity index is 1.58. The minimum atomic E-state index is -1.57. The Bertz CT molecular complexity index is 1660. The van der Waals surface area contributed by atoms with Crippen LogP contribution in [0.2, 0.25) is 0 Å². The summed E-state index contributed by atoms with van der Waals surface area (Å²) in [5.74, 6) is -2.71. The Morgan fingerprint density at radius 3 is 2.17 bits per heavy atom. The van der Waals surface area contributed by atoms with Crippen LogP contribution >= 0.6 is 0 Å². The van der Waals surface area contributed by atoms with Gasteiger partial charge in [-0.05, 0) is 71.3 Å². The zero-order valence-electron chi connectivity index (χ0n) is 25.9.